The van der Waals surface area contributed by atoms with Crippen LogP contribution in [-0.4, -0.2) is 11.5 Å². The van der Waals surface area contributed by atoms with Gasteiger partial charge in [-0.1, -0.05) is 35.4 Å². The van der Waals surface area contributed by atoms with Crippen LogP contribution in [0.5, 0.6) is 0 Å². The molecular formula is C19H20Cl2N2. The summed E-state index contributed by atoms with van der Waals surface area (Å²) in [5.41, 5.74) is 7.86. The summed E-state index contributed by atoms with van der Waals surface area (Å²) in [5, 5.41) is 5.73. The van der Waals surface area contributed by atoms with Gasteiger partial charge in [0.25, 0.3) is 0 Å². The summed E-state index contributed by atoms with van der Waals surface area (Å²) in [4.78, 5) is 3.61. The zero-order chi connectivity index (χ0) is 15.3. The second kappa shape index (κ2) is 6.20. The molecule has 0 amide bonds. The van der Waals surface area contributed by atoms with E-state index in [0.717, 1.165) is 18.0 Å². The number of benzene rings is 2. The highest BCUT2D eigenvalue weighted by molar-refractivity contribution is 6.31. The molecule has 0 saturated carbocycles. The Kier molecular flexibility index (Phi) is 4.41. The van der Waals surface area contributed by atoms with Gasteiger partial charge in [0.15, 0.2) is 0 Å². The van der Waals surface area contributed by atoms with Crippen LogP contribution in [0.3, 0.4) is 0 Å². The highest BCUT2D eigenvalue weighted by Crippen LogP contribution is 2.35. The van der Waals surface area contributed by atoms with Gasteiger partial charge in [-0.15, -0.1) is 12.4 Å². The lowest BCUT2D eigenvalue weighted by Crippen LogP contribution is -2.30. The summed E-state index contributed by atoms with van der Waals surface area (Å²) >= 11 is 6.18. The molecule has 3 aromatic rings. The van der Waals surface area contributed by atoms with Gasteiger partial charge in [0.1, 0.15) is 0 Å². The molecule has 1 aliphatic rings. The molecule has 1 atom stereocenters. The first kappa shape index (κ1) is 16.4. The van der Waals surface area contributed by atoms with Gasteiger partial charge in [-0.05, 0) is 55.2 Å². The topological polar surface area (TPSA) is 27.8 Å². The molecule has 0 fully saturated rings. The molecule has 4 heteroatoms. The van der Waals surface area contributed by atoms with Crippen LogP contribution in [0.1, 0.15) is 34.0 Å². The predicted octanol–water partition coefficient (Wildman–Crippen LogP) is 5.10. The largest absolute Gasteiger partial charge is 0.357 e. The Hall–Kier alpha value is -1.48. The van der Waals surface area contributed by atoms with Gasteiger partial charge >= 0.3 is 0 Å². The fourth-order valence-corrected chi connectivity index (χ4v) is 3.79. The van der Waals surface area contributed by atoms with Crippen LogP contribution in [0.4, 0.5) is 0 Å². The minimum atomic E-state index is 0. The molecule has 0 spiro atoms. The summed E-state index contributed by atoms with van der Waals surface area (Å²) < 4.78 is 0. The maximum absolute atomic E-state index is 6.18. The highest BCUT2D eigenvalue weighted by atomic mass is 35.5. The second-order valence-electron chi connectivity index (χ2n) is 6.20. The standard InChI is InChI=1S/C19H19ClN2.ClH/c1-11-3-5-14(12(2)9-11)18-19-15(7-8-21-18)16-10-13(20)4-6-17(16)22-19;/h3-6,9-10,18,21-22H,7-8H2,1-2H3;1H. The van der Waals surface area contributed by atoms with Crippen molar-refractivity contribution in [1.82, 2.24) is 10.3 Å². The molecule has 1 aromatic heterocycles. The molecule has 2 nitrogen and oxygen atoms in total. The molecular weight excluding hydrogens is 327 g/mol. The maximum Gasteiger partial charge on any atom is 0.0734 e. The SMILES string of the molecule is Cc1ccc(C2NCCc3c2[nH]c2ccc(Cl)cc32)c(C)c1.Cl. The first-order chi connectivity index (χ1) is 10.6. The molecule has 120 valence electrons. The van der Waals surface area contributed by atoms with E-state index in [2.05, 4.69) is 54.5 Å². The molecule has 0 saturated heterocycles. The first-order valence-electron chi connectivity index (χ1n) is 7.74. The van der Waals surface area contributed by atoms with Gasteiger partial charge in [0.2, 0.25) is 0 Å². The summed E-state index contributed by atoms with van der Waals surface area (Å²) in [6, 6.07) is 13.0. The van der Waals surface area contributed by atoms with Crippen molar-refractivity contribution in [3.63, 3.8) is 0 Å². The maximum atomic E-state index is 6.18. The van der Waals surface area contributed by atoms with Crippen molar-refractivity contribution in [1.29, 1.82) is 0 Å². The van der Waals surface area contributed by atoms with Crippen molar-refractivity contribution in [2.24, 2.45) is 0 Å². The van der Waals surface area contributed by atoms with Crippen molar-refractivity contribution >= 4 is 34.9 Å². The van der Waals surface area contributed by atoms with E-state index in [1.807, 2.05) is 6.07 Å². The fraction of sp³-hybridized carbons (Fsp3) is 0.263. The summed E-state index contributed by atoms with van der Waals surface area (Å²) in [5.74, 6) is 0. The average Bonchev–Trinajstić information content (AvgIpc) is 2.85. The van der Waals surface area contributed by atoms with Crippen molar-refractivity contribution in [2.75, 3.05) is 6.54 Å². The highest BCUT2D eigenvalue weighted by Gasteiger charge is 2.26. The lowest BCUT2D eigenvalue weighted by Gasteiger charge is -2.26. The minimum absolute atomic E-state index is 0. The van der Waals surface area contributed by atoms with Crippen LogP contribution in [0.2, 0.25) is 5.02 Å². The molecule has 0 aliphatic carbocycles. The molecule has 1 unspecified atom stereocenters. The first-order valence-corrected chi connectivity index (χ1v) is 8.12. The van der Waals surface area contributed by atoms with E-state index >= 15 is 0 Å². The fourth-order valence-electron chi connectivity index (χ4n) is 3.62. The third-order valence-electron chi connectivity index (χ3n) is 4.65. The number of halogens is 2. The Morgan fingerprint density at radius 1 is 1.09 bits per heavy atom. The summed E-state index contributed by atoms with van der Waals surface area (Å²) in [6.07, 6.45) is 1.04. The summed E-state index contributed by atoms with van der Waals surface area (Å²) in [7, 11) is 0. The second-order valence-corrected chi connectivity index (χ2v) is 6.64. The predicted molar refractivity (Wildman–Crippen MR) is 100 cm³/mol. The van der Waals surface area contributed by atoms with Crippen LogP contribution >= 0.6 is 24.0 Å². The van der Waals surface area contributed by atoms with Gasteiger partial charge in [0, 0.05) is 28.2 Å². The van der Waals surface area contributed by atoms with Gasteiger partial charge in [-0.3, -0.25) is 0 Å². The van der Waals surface area contributed by atoms with E-state index in [-0.39, 0.29) is 18.4 Å². The number of hydrogen-bond acceptors (Lipinski definition) is 1. The minimum Gasteiger partial charge on any atom is -0.357 e. The Morgan fingerprint density at radius 3 is 2.70 bits per heavy atom. The Morgan fingerprint density at radius 2 is 1.91 bits per heavy atom. The van der Waals surface area contributed by atoms with Crippen molar-refractivity contribution in [2.45, 2.75) is 26.3 Å². The number of aromatic nitrogens is 1. The lowest BCUT2D eigenvalue weighted by atomic mass is 9.91. The third-order valence-corrected chi connectivity index (χ3v) is 4.88. The van der Waals surface area contributed by atoms with Crippen molar-refractivity contribution in [3.8, 4) is 0 Å². The van der Waals surface area contributed by atoms with Crippen LogP contribution in [0.15, 0.2) is 36.4 Å². The molecule has 0 bridgehead atoms. The van der Waals surface area contributed by atoms with Crippen molar-refractivity contribution in [3.05, 3.63) is 69.4 Å². The van der Waals surface area contributed by atoms with E-state index in [9.17, 15) is 0 Å². The Bertz CT molecular complexity index is 867. The normalized spacial score (nSPS) is 16.9. The third kappa shape index (κ3) is 2.76. The van der Waals surface area contributed by atoms with Gasteiger partial charge in [0.05, 0.1) is 6.04 Å². The van der Waals surface area contributed by atoms with Crippen LogP contribution in [0.25, 0.3) is 10.9 Å². The summed E-state index contributed by atoms with van der Waals surface area (Å²) in [6.45, 7) is 5.32. The quantitative estimate of drug-likeness (QED) is 0.630. The zero-order valence-corrected chi connectivity index (χ0v) is 14.8. The lowest BCUT2D eigenvalue weighted by molar-refractivity contribution is 0.558. The average molecular weight is 347 g/mol. The number of H-pyrrole nitrogens is 1. The van der Waals surface area contributed by atoms with Crippen molar-refractivity contribution < 1.29 is 0 Å². The number of nitrogens with one attached hydrogen (secondary N) is 2. The van der Waals surface area contributed by atoms with Gasteiger partial charge in [-0.2, -0.15) is 0 Å². The number of fused-ring (bicyclic) bond motifs is 3. The van der Waals surface area contributed by atoms with Crippen LogP contribution in [-0.2, 0) is 6.42 Å². The molecule has 2 N–H and O–H groups in total. The smallest absolute Gasteiger partial charge is 0.0734 e. The number of aryl methyl sites for hydroxylation is 2. The monoisotopic (exact) mass is 346 g/mol. The number of rotatable bonds is 1. The molecule has 0 radical (unpaired) electrons. The van der Waals surface area contributed by atoms with Gasteiger partial charge in [-0.25, -0.2) is 0 Å². The van der Waals surface area contributed by atoms with E-state index in [0.29, 0.717) is 0 Å². The van der Waals surface area contributed by atoms with E-state index < -0.39 is 0 Å². The van der Waals surface area contributed by atoms with E-state index in [1.54, 1.807) is 0 Å². The van der Waals surface area contributed by atoms with Crippen LogP contribution < -0.4 is 5.32 Å². The van der Waals surface area contributed by atoms with E-state index in [1.165, 1.54) is 38.9 Å². The zero-order valence-electron chi connectivity index (χ0n) is 13.2. The molecule has 1 aliphatic heterocycles. The Labute approximate surface area is 147 Å². The molecule has 2 aromatic carbocycles. The van der Waals surface area contributed by atoms with Crippen LogP contribution in [0, 0.1) is 13.8 Å². The molecule has 2 heterocycles. The molecule has 4 rings (SSSR count). The van der Waals surface area contributed by atoms with Gasteiger partial charge < -0.3 is 10.3 Å². The van der Waals surface area contributed by atoms with E-state index in [4.69, 9.17) is 11.6 Å². The Balaban J connectivity index is 0.00000156. The molecule has 23 heavy (non-hydrogen) atoms. The number of hydrogen-bond donors (Lipinski definition) is 2. The number of aromatic amines is 1.